The Balaban J connectivity index is 2.79. The highest BCUT2D eigenvalue weighted by Gasteiger charge is 2.35. The number of hydrogen-bond acceptors (Lipinski definition) is 2. The third-order valence-corrected chi connectivity index (χ3v) is 2.32. The van der Waals surface area contributed by atoms with Gasteiger partial charge in [-0.15, -0.1) is 0 Å². The molecule has 1 aromatic heterocycles. The largest absolute Gasteiger partial charge is 0.475 e. The van der Waals surface area contributed by atoms with E-state index in [2.05, 4.69) is 4.42 Å². The predicted octanol–water partition coefficient (Wildman–Crippen LogP) is 3.80. The molecule has 7 heteroatoms. The number of aromatic carboxylic acids is 1. The molecule has 1 heterocycles. The standard InChI is InChI=1S/C10H4ClF3O3/c11-5-1-4-2-7(9(15)16)17-8(4)6(3-5)10(12,13)14/h1-3H,(H,15,16). The van der Waals surface area contributed by atoms with Crippen LogP contribution >= 0.6 is 11.6 Å². The minimum Gasteiger partial charge on any atom is -0.475 e. The summed E-state index contributed by atoms with van der Waals surface area (Å²) in [5.41, 5.74) is -1.62. The number of carbonyl (C=O) groups is 1. The summed E-state index contributed by atoms with van der Waals surface area (Å²) in [6.07, 6.45) is -4.66. The Kier molecular flexibility index (Phi) is 2.54. The van der Waals surface area contributed by atoms with Gasteiger partial charge in [-0.05, 0) is 18.2 Å². The minimum absolute atomic E-state index is 0.00206. The van der Waals surface area contributed by atoms with Crippen LogP contribution in [0.3, 0.4) is 0 Å². The number of carboxylic acids is 1. The molecule has 3 nitrogen and oxygen atoms in total. The Labute approximate surface area is 97.4 Å². The molecule has 17 heavy (non-hydrogen) atoms. The van der Waals surface area contributed by atoms with E-state index in [1.807, 2.05) is 0 Å². The summed E-state index contributed by atoms with van der Waals surface area (Å²) in [6.45, 7) is 0. The molecule has 1 N–H and O–H groups in total. The zero-order chi connectivity index (χ0) is 12.8. The highest BCUT2D eigenvalue weighted by atomic mass is 35.5. The maximum Gasteiger partial charge on any atom is 0.420 e. The lowest BCUT2D eigenvalue weighted by Gasteiger charge is -2.07. The molecular weight excluding hydrogens is 261 g/mol. The molecule has 0 atom stereocenters. The lowest BCUT2D eigenvalue weighted by atomic mass is 10.1. The van der Waals surface area contributed by atoms with Gasteiger partial charge >= 0.3 is 12.1 Å². The maximum atomic E-state index is 12.6. The molecule has 0 aliphatic carbocycles. The third kappa shape index (κ3) is 2.08. The van der Waals surface area contributed by atoms with E-state index in [-0.39, 0.29) is 10.4 Å². The van der Waals surface area contributed by atoms with Gasteiger partial charge in [0.1, 0.15) is 11.1 Å². The first-order valence-corrected chi connectivity index (χ1v) is 4.70. The Morgan fingerprint density at radius 3 is 2.47 bits per heavy atom. The van der Waals surface area contributed by atoms with Gasteiger partial charge in [-0.2, -0.15) is 13.2 Å². The number of halogens is 4. The van der Waals surface area contributed by atoms with E-state index in [1.54, 1.807) is 0 Å². The number of furan rings is 1. The maximum absolute atomic E-state index is 12.6. The third-order valence-electron chi connectivity index (χ3n) is 2.10. The first kappa shape index (κ1) is 11.8. The highest BCUT2D eigenvalue weighted by Crippen LogP contribution is 2.38. The minimum atomic E-state index is -4.66. The lowest BCUT2D eigenvalue weighted by molar-refractivity contribution is -0.136. The number of hydrogen-bond donors (Lipinski definition) is 1. The van der Waals surface area contributed by atoms with Crippen LogP contribution in [0.4, 0.5) is 13.2 Å². The average Bonchev–Trinajstić information content (AvgIpc) is 2.58. The van der Waals surface area contributed by atoms with Crippen LogP contribution in [0.2, 0.25) is 5.02 Å². The summed E-state index contributed by atoms with van der Waals surface area (Å²) in [5.74, 6) is -2.00. The second kappa shape index (κ2) is 3.66. The summed E-state index contributed by atoms with van der Waals surface area (Å²) in [7, 11) is 0. The Bertz CT molecular complexity index is 601. The van der Waals surface area contributed by atoms with Crippen molar-refractivity contribution in [3.63, 3.8) is 0 Å². The van der Waals surface area contributed by atoms with Crippen LogP contribution in [0.1, 0.15) is 16.1 Å². The van der Waals surface area contributed by atoms with Gasteiger partial charge in [-0.1, -0.05) is 11.6 Å². The van der Waals surface area contributed by atoms with Crippen molar-refractivity contribution in [2.75, 3.05) is 0 Å². The predicted molar refractivity (Wildman–Crippen MR) is 53.2 cm³/mol. The number of fused-ring (bicyclic) bond motifs is 1. The molecule has 2 aromatic rings. The monoisotopic (exact) mass is 264 g/mol. The van der Waals surface area contributed by atoms with Crippen LogP contribution in [0.5, 0.6) is 0 Å². The smallest absolute Gasteiger partial charge is 0.420 e. The summed E-state index contributed by atoms with van der Waals surface area (Å²) in [6, 6.07) is 2.90. The first-order chi connectivity index (χ1) is 7.79. The molecule has 0 unspecified atom stereocenters. The van der Waals surface area contributed by atoms with E-state index >= 15 is 0 Å². The van der Waals surface area contributed by atoms with Crippen molar-refractivity contribution < 1.29 is 27.5 Å². The molecule has 0 spiro atoms. The van der Waals surface area contributed by atoms with E-state index in [4.69, 9.17) is 16.7 Å². The fraction of sp³-hybridized carbons (Fsp3) is 0.100. The Morgan fingerprint density at radius 1 is 1.29 bits per heavy atom. The molecule has 0 saturated carbocycles. The van der Waals surface area contributed by atoms with Crippen molar-refractivity contribution in [3.8, 4) is 0 Å². The topological polar surface area (TPSA) is 50.4 Å². The van der Waals surface area contributed by atoms with Crippen molar-refractivity contribution in [3.05, 3.63) is 34.5 Å². The molecule has 1 aromatic carbocycles. The molecule has 0 radical (unpaired) electrons. The van der Waals surface area contributed by atoms with Gasteiger partial charge < -0.3 is 9.52 Å². The van der Waals surface area contributed by atoms with Crippen LogP contribution in [-0.2, 0) is 6.18 Å². The van der Waals surface area contributed by atoms with Crippen molar-refractivity contribution >= 4 is 28.5 Å². The van der Waals surface area contributed by atoms with Crippen molar-refractivity contribution in [2.24, 2.45) is 0 Å². The zero-order valence-electron chi connectivity index (χ0n) is 8.01. The number of benzene rings is 1. The van der Waals surface area contributed by atoms with Gasteiger partial charge in [0.05, 0.1) is 0 Å². The second-order valence-electron chi connectivity index (χ2n) is 3.29. The second-order valence-corrected chi connectivity index (χ2v) is 3.72. The fourth-order valence-electron chi connectivity index (χ4n) is 1.43. The number of carboxylic acid groups (broad SMARTS) is 1. The molecular formula is C10H4ClF3O3. The Morgan fingerprint density at radius 2 is 1.94 bits per heavy atom. The summed E-state index contributed by atoms with van der Waals surface area (Å²) >= 11 is 5.53. The molecule has 0 aliphatic rings. The number of rotatable bonds is 1. The van der Waals surface area contributed by atoms with Gasteiger partial charge in [0.15, 0.2) is 0 Å². The van der Waals surface area contributed by atoms with Crippen molar-refractivity contribution in [1.29, 1.82) is 0 Å². The molecule has 0 fully saturated rings. The quantitative estimate of drug-likeness (QED) is 0.852. The van der Waals surface area contributed by atoms with Crippen molar-refractivity contribution in [1.82, 2.24) is 0 Å². The molecule has 2 rings (SSSR count). The molecule has 0 aliphatic heterocycles. The van der Waals surface area contributed by atoms with Crippen LogP contribution in [0.25, 0.3) is 11.0 Å². The van der Waals surface area contributed by atoms with Crippen molar-refractivity contribution in [2.45, 2.75) is 6.18 Å². The van der Waals surface area contributed by atoms with Crippen LogP contribution in [-0.4, -0.2) is 11.1 Å². The SMILES string of the molecule is O=C(O)c1cc2cc(Cl)cc(C(F)(F)F)c2o1. The number of alkyl halides is 3. The van der Waals surface area contributed by atoms with Crippen LogP contribution in [0.15, 0.2) is 22.6 Å². The summed E-state index contributed by atoms with van der Waals surface area (Å²) < 4.78 is 42.6. The van der Waals surface area contributed by atoms with Gasteiger partial charge in [-0.25, -0.2) is 4.79 Å². The lowest BCUT2D eigenvalue weighted by Crippen LogP contribution is -2.05. The van der Waals surface area contributed by atoms with Gasteiger partial charge in [0.2, 0.25) is 5.76 Å². The van der Waals surface area contributed by atoms with Crippen LogP contribution < -0.4 is 0 Å². The van der Waals surface area contributed by atoms with E-state index in [0.717, 1.165) is 6.07 Å². The first-order valence-electron chi connectivity index (χ1n) is 4.32. The summed E-state index contributed by atoms with van der Waals surface area (Å²) in [4.78, 5) is 10.6. The normalized spacial score (nSPS) is 12.0. The van der Waals surface area contributed by atoms with Gasteiger partial charge in [-0.3, -0.25) is 0 Å². The molecule has 0 bridgehead atoms. The van der Waals surface area contributed by atoms with E-state index in [0.29, 0.717) is 6.07 Å². The average molecular weight is 265 g/mol. The Hall–Kier alpha value is -1.69. The molecule has 90 valence electrons. The van der Waals surface area contributed by atoms with E-state index in [9.17, 15) is 18.0 Å². The zero-order valence-corrected chi connectivity index (χ0v) is 8.76. The van der Waals surface area contributed by atoms with E-state index < -0.39 is 29.1 Å². The summed E-state index contributed by atoms with van der Waals surface area (Å²) in [5, 5.41) is 8.51. The molecule has 0 amide bonds. The van der Waals surface area contributed by atoms with E-state index in [1.165, 1.54) is 6.07 Å². The van der Waals surface area contributed by atoms with Gasteiger partial charge in [0, 0.05) is 10.4 Å². The fourth-order valence-corrected chi connectivity index (χ4v) is 1.66. The van der Waals surface area contributed by atoms with Gasteiger partial charge in [0.25, 0.3) is 0 Å². The molecule has 0 saturated heterocycles. The highest BCUT2D eigenvalue weighted by molar-refractivity contribution is 6.31. The van der Waals surface area contributed by atoms with Crippen LogP contribution in [0, 0.1) is 0 Å².